The van der Waals surface area contributed by atoms with Crippen molar-refractivity contribution in [3.63, 3.8) is 0 Å². The topological polar surface area (TPSA) is 74.6 Å². The van der Waals surface area contributed by atoms with Crippen LogP contribution in [0.4, 0.5) is 0 Å². The minimum absolute atomic E-state index is 0.255. The first-order valence-corrected chi connectivity index (χ1v) is 41.0. The zero-order valence-corrected chi connectivity index (χ0v) is 56.4. The summed E-state index contributed by atoms with van der Waals surface area (Å²) in [7, 11) is 1.71. The van der Waals surface area contributed by atoms with Crippen LogP contribution in [0.5, 0.6) is 0 Å². The van der Waals surface area contributed by atoms with Crippen LogP contribution in [-0.2, 0) is 0 Å². The van der Waals surface area contributed by atoms with E-state index in [1.807, 2.05) is 0 Å². The van der Waals surface area contributed by atoms with E-state index in [0.29, 0.717) is 0 Å². The molecule has 0 heterocycles. The summed E-state index contributed by atoms with van der Waals surface area (Å²) in [4.78, 5) is 23.3. The predicted octanol–water partition coefficient (Wildman–Crippen LogP) is 25.7. The van der Waals surface area contributed by atoms with Crippen molar-refractivity contribution in [1.82, 2.24) is 0 Å². The molecule has 0 fully saturated rings. The molecule has 2 N–H and O–H groups in total. The molecule has 4 nitrogen and oxygen atoms in total. The van der Waals surface area contributed by atoms with Gasteiger partial charge in [-0.3, -0.25) is 0 Å². The van der Waals surface area contributed by atoms with E-state index in [1.165, 1.54) is 266 Å². The van der Waals surface area contributed by atoms with E-state index in [-0.39, 0.29) is 11.1 Å². The molecule has 454 valence electrons. The molecule has 0 amide bonds. The Morgan fingerprint density at radius 1 is 0.269 bits per heavy atom. The fourth-order valence-electron chi connectivity index (χ4n) is 11.0. The van der Waals surface area contributed by atoms with Crippen LogP contribution < -0.4 is 0 Å². The summed E-state index contributed by atoms with van der Waals surface area (Å²) in [6, 6.07) is 13.2. The quantitative estimate of drug-likeness (QED) is 0.0391. The van der Waals surface area contributed by atoms with Gasteiger partial charge in [0.15, 0.2) is 0 Å². The van der Waals surface area contributed by atoms with E-state index >= 15 is 0 Å². The first-order chi connectivity index (χ1) is 38.0. The van der Waals surface area contributed by atoms with Gasteiger partial charge < -0.3 is 10.2 Å². The molecule has 0 aliphatic heterocycles. The lowest BCUT2D eigenvalue weighted by Crippen LogP contribution is -2.13. The Balaban J connectivity index is 0.00000116. The van der Waals surface area contributed by atoms with Crippen LogP contribution in [0.1, 0.15) is 333 Å². The number of aromatic carboxylic acids is 2. The van der Waals surface area contributed by atoms with Crippen LogP contribution in [-0.4, -0.2) is 71.4 Å². The van der Waals surface area contributed by atoms with Gasteiger partial charge in [0.1, 0.15) is 0 Å². The fraction of sp³-hybridized carbons (Fsp3) is 0.800. The largest absolute Gasteiger partial charge is 0.478 e. The van der Waals surface area contributed by atoms with Gasteiger partial charge in [-0.25, -0.2) is 9.59 Å². The maximum absolute atomic E-state index is 10.7. The predicted molar refractivity (Wildman–Crippen MR) is 361 cm³/mol. The van der Waals surface area contributed by atoms with Gasteiger partial charge in [0.05, 0.1) is 60.4 Å². The second kappa shape index (κ2) is 56.4. The third-order valence-corrected chi connectivity index (χ3v) is 28.9. The van der Waals surface area contributed by atoms with Gasteiger partial charge in [0, 0.05) is 24.3 Å². The molecule has 0 radical (unpaired) electrons. The number of rotatable bonds is 53. The molecule has 0 spiro atoms. The first-order valence-electron chi connectivity index (χ1n) is 33.8. The Hall–Kier alpha value is -1.06. The smallest absolute Gasteiger partial charge is 0.335 e. The van der Waals surface area contributed by atoms with Crippen molar-refractivity contribution >= 4 is 48.1 Å². The van der Waals surface area contributed by atoms with Crippen LogP contribution >= 0.6 is 36.1 Å². The molecule has 8 heteroatoms. The monoisotopic (exact) mass is 1160 g/mol. The molecule has 2 aromatic carbocycles. The molecular formula is C70H130O4P2S2+2. The van der Waals surface area contributed by atoms with Crippen LogP contribution in [0.25, 0.3) is 0 Å². The number of carbonyl (C=O) groups is 2. The Kier molecular flexibility index (Phi) is 55.7. The lowest BCUT2D eigenvalue weighted by Gasteiger charge is -2.28. The van der Waals surface area contributed by atoms with E-state index in [1.54, 1.807) is 111 Å². The van der Waals surface area contributed by atoms with E-state index < -0.39 is 26.5 Å². The molecule has 0 atom stereocenters. The number of hydrogen-bond donors (Lipinski definition) is 2. The molecule has 2 aromatic rings. The highest BCUT2D eigenvalue weighted by Gasteiger charge is 2.35. The third-order valence-electron chi connectivity index (χ3n) is 16.3. The maximum Gasteiger partial charge on any atom is 0.335 e. The van der Waals surface area contributed by atoms with Crippen molar-refractivity contribution in [1.29, 1.82) is 0 Å². The lowest BCUT2D eigenvalue weighted by atomic mass is 10.0. The Morgan fingerprint density at radius 3 is 0.615 bits per heavy atom. The second-order valence-electron chi connectivity index (χ2n) is 23.6. The van der Waals surface area contributed by atoms with E-state index in [2.05, 4.69) is 55.4 Å². The van der Waals surface area contributed by atoms with E-state index in [4.69, 9.17) is 10.2 Å². The average molecular weight is 1160 g/mol. The normalized spacial score (nSPS) is 11.5. The van der Waals surface area contributed by atoms with E-state index in [0.717, 1.165) is 9.79 Å². The van der Waals surface area contributed by atoms with Gasteiger partial charge in [-0.15, -0.1) is 0 Å². The zero-order chi connectivity index (χ0) is 57.5. The number of carboxylic acid groups (broad SMARTS) is 2. The Morgan fingerprint density at radius 2 is 0.436 bits per heavy atom. The van der Waals surface area contributed by atoms with Crippen molar-refractivity contribution in [2.45, 2.75) is 322 Å². The van der Waals surface area contributed by atoms with Crippen molar-refractivity contribution in [3.05, 3.63) is 59.7 Å². The fourth-order valence-corrected chi connectivity index (χ4v) is 23.3. The molecular weight excluding hydrogens is 1030 g/mol. The average Bonchev–Trinajstić information content (AvgIpc) is 3.45. The Labute approximate surface area is 495 Å². The lowest BCUT2D eigenvalue weighted by molar-refractivity contribution is 0.0686. The molecule has 0 bridgehead atoms. The molecule has 0 aliphatic rings. The SMILES string of the molecule is CCCCCCCCCCCCCCCC[P+](CCCC)(CCCC)CCCC.CCCCCCCCCCCCCCCC[P+](CCCC)(CCCC)CCCC.O=C(O)c1ccc(SSc2ccc(C(=O)O)cc2)cc1. The number of benzene rings is 2. The molecule has 0 aliphatic carbocycles. The minimum Gasteiger partial charge on any atom is -0.478 e. The van der Waals surface area contributed by atoms with Gasteiger partial charge in [-0.05, 0) is 113 Å². The standard InChI is InChI=1S/2C28H60P.C14H10O4S2/c2*1-5-9-13-14-15-16-17-18-19-20-21-22-23-24-28-29(25-10-6-2,26-11-7-3)27-12-8-4;15-13(16)9-1-5-11(6-2-9)19-20-12-7-3-10(4-8-12)14(17)18/h2*5-28H2,1-4H3;1-8H,(H,15,16)(H,17,18)/q2*+1;. The van der Waals surface area contributed by atoms with Gasteiger partial charge >= 0.3 is 11.9 Å². The molecule has 78 heavy (non-hydrogen) atoms. The molecule has 0 aromatic heterocycles. The molecule has 0 saturated carbocycles. The van der Waals surface area contributed by atoms with Crippen molar-refractivity contribution in [2.75, 3.05) is 49.3 Å². The van der Waals surface area contributed by atoms with Crippen LogP contribution in [0.3, 0.4) is 0 Å². The Bertz CT molecular complexity index is 1430. The van der Waals surface area contributed by atoms with Crippen molar-refractivity contribution in [3.8, 4) is 0 Å². The summed E-state index contributed by atoms with van der Waals surface area (Å²) in [6.07, 6.45) is 71.9. The molecule has 0 saturated heterocycles. The van der Waals surface area contributed by atoms with Gasteiger partial charge in [0.25, 0.3) is 0 Å². The highest BCUT2D eigenvalue weighted by atomic mass is 33.1. The summed E-state index contributed by atoms with van der Waals surface area (Å²) in [5.74, 6) is -1.89. The summed E-state index contributed by atoms with van der Waals surface area (Å²) in [5, 5.41) is 17.6. The van der Waals surface area contributed by atoms with Gasteiger partial charge in [0.2, 0.25) is 0 Å². The highest BCUT2D eigenvalue weighted by Crippen LogP contribution is 2.62. The first kappa shape index (κ1) is 76.9. The molecule has 2 rings (SSSR count). The van der Waals surface area contributed by atoms with Crippen molar-refractivity contribution < 1.29 is 19.8 Å². The van der Waals surface area contributed by atoms with Crippen LogP contribution in [0.15, 0.2) is 58.3 Å². The van der Waals surface area contributed by atoms with Crippen LogP contribution in [0, 0.1) is 0 Å². The van der Waals surface area contributed by atoms with Crippen molar-refractivity contribution in [2.24, 2.45) is 0 Å². The minimum atomic E-state index is -0.946. The highest BCUT2D eigenvalue weighted by molar-refractivity contribution is 8.76. The number of carboxylic acids is 2. The van der Waals surface area contributed by atoms with Gasteiger partial charge in [-0.1, -0.05) is 270 Å². The maximum atomic E-state index is 10.7. The third kappa shape index (κ3) is 44.5. The summed E-state index contributed by atoms with van der Waals surface area (Å²) >= 11 is 0. The van der Waals surface area contributed by atoms with Crippen LogP contribution in [0.2, 0.25) is 0 Å². The molecule has 0 unspecified atom stereocenters. The number of unbranched alkanes of at least 4 members (excludes halogenated alkanes) is 32. The second-order valence-corrected chi connectivity index (χ2v) is 34.8. The van der Waals surface area contributed by atoms with E-state index in [9.17, 15) is 9.59 Å². The zero-order valence-electron chi connectivity index (χ0n) is 53.0. The summed E-state index contributed by atoms with van der Waals surface area (Å²) in [6.45, 7) is 19.0. The number of hydrogen-bond acceptors (Lipinski definition) is 4. The summed E-state index contributed by atoms with van der Waals surface area (Å²) in [5.41, 5.74) is 0.510. The summed E-state index contributed by atoms with van der Waals surface area (Å²) < 4.78 is 0. The van der Waals surface area contributed by atoms with Gasteiger partial charge in [-0.2, -0.15) is 0 Å².